The zero-order chi connectivity index (χ0) is 26.7. The summed E-state index contributed by atoms with van der Waals surface area (Å²) in [5, 5.41) is 21.3. The van der Waals surface area contributed by atoms with Crippen LogP contribution < -0.4 is 21.3 Å². The van der Waals surface area contributed by atoms with Gasteiger partial charge in [0.15, 0.2) is 0 Å². The first kappa shape index (κ1) is 28.2. The van der Waals surface area contributed by atoms with E-state index in [0.29, 0.717) is 44.5 Å². The van der Waals surface area contributed by atoms with E-state index in [9.17, 15) is 34.1 Å². The molecule has 0 spiro atoms. The van der Waals surface area contributed by atoms with Crippen molar-refractivity contribution in [3.05, 3.63) is 34.4 Å². The third-order valence-corrected chi connectivity index (χ3v) is 5.64. The van der Waals surface area contributed by atoms with E-state index in [0.717, 1.165) is 0 Å². The molecule has 0 radical (unpaired) electrons. The maximum absolute atomic E-state index is 13.1. The van der Waals surface area contributed by atoms with Crippen LogP contribution in [0, 0.1) is 10.1 Å². The van der Waals surface area contributed by atoms with Crippen LogP contribution in [-0.2, 0) is 24.0 Å². The van der Waals surface area contributed by atoms with Crippen LogP contribution in [-0.4, -0.2) is 71.1 Å². The van der Waals surface area contributed by atoms with E-state index in [1.54, 1.807) is 0 Å². The zero-order valence-electron chi connectivity index (χ0n) is 20.4. The third-order valence-electron chi connectivity index (χ3n) is 5.64. The Morgan fingerprint density at radius 1 is 1.06 bits per heavy atom. The number of anilines is 1. The molecule has 1 aliphatic rings. The van der Waals surface area contributed by atoms with Crippen LogP contribution in [0.3, 0.4) is 0 Å². The van der Waals surface area contributed by atoms with Gasteiger partial charge in [0.1, 0.15) is 12.1 Å². The van der Waals surface area contributed by atoms with Crippen LogP contribution in [0.4, 0.5) is 11.4 Å². The molecule has 4 N–H and O–H groups in total. The maximum Gasteiger partial charge on any atom is 0.269 e. The first-order chi connectivity index (χ1) is 17.1. The van der Waals surface area contributed by atoms with Gasteiger partial charge in [-0.05, 0) is 44.2 Å². The number of nitrogens with one attached hydrogen (secondary N) is 4. The van der Waals surface area contributed by atoms with Crippen LogP contribution in [0.2, 0.25) is 0 Å². The molecule has 1 aromatic carbocycles. The topological polar surface area (TPSA) is 180 Å². The number of carbonyl (C=O) groups is 5. The number of non-ortho nitro benzene ring substituents is 1. The van der Waals surface area contributed by atoms with Crippen LogP contribution in [0.25, 0.3) is 0 Å². The summed E-state index contributed by atoms with van der Waals surface area (Å²) in [5.74, 6) is -1.89. The van der Waals surface area contributed by atoms with Gasteiger partial charge in [-0.2, -0.15) is 0 Å². The Kier molecular flexibility index (Phi) is 10.8. The Balaban J connectivity index is 2.06. The fraction of sp³-hybridized carbons (Fsp3) is 0.522. The summed E-state index contributed by atoms with van der Waals surface area (Å²) >= 11 is 0. The molecule has 13 nitrogen and oxygen atoms in total. The number of unbranched alkanes of at least 4 members (excludes halogenated alkanes) is 1. The van der Waals surface area contributed by atoms with Crippen molar-refractivity contribution < 1.29 is 28.9 Å². The van der Waals surface area contributed by atoms with E-state index in [-0.39, 0.29) is 36.4 Å². The van der Waals surface area contributed by atoms with Gasteiger partial charge in [0.05, 0.1) is 11.5 Å². The Morgan fingerprint density at radius 2 is 1.72 bits per heavy atom. The standard InChI is InChI=1S/C23H32N6O7/c1-15(30)24-12-4-3-6-19(22(33)26-17-8-10-18(11-9-17)29(35)36)27-23(34)20-7-5-13-28(20)21(32)14-25-16(2)31/h8-11,19-20H,3-7,12-14H2,1-2H3,(H,24,30)(H,25,31)(H,26,33)(H,27,34)/t19-,20-/m0/s1. The van der Waals surface area contributed by atoms with E-state index < -0.39 is 28.8 Å². The van der Waals surface area contributed by atoms with Gasteiger partial charge >= 0.3 is 0 Å². The normalized spacial score (nSPS) is 15.5. The number of hydrogen-bond donors (Lipinski definition) is 4. The number of nitrogens with zero attached hydrogens (tertiary/aromatic N) is 2. The number of carbonyl (C=O) groups excluding carboxylic acids is 5. The Hall–Kier alpha value is -4.03. The van der Waals surface area contributed by atoms with Crippen molar-refractivity contribution in [2.45, 2.75) is 58.0 Å². The summed E-state index contributed by atoms with van der Waals surface area (Å²) in [4.78, 5) is 72.4. The van der Waals surface area contributed by atoms with Gasteiger partial charge in [0.2, 0.25) is 29.5 Å². The highest BCUT2D eigenvalue weighted by Gasteiger charge is 2.35. The van der Waals surface area contributed by atoms with Gasteiger partial charge in [0, 0.05) is 44.8 Å². The van der Waals surface area contributed by atoms with Crippen LogP contribution in [0.1, 0.15) is 46.0 Å². The van der Waals surface area contributed by atoms with E-state index in [1.807, 2.05) is 0 Å². The summed E-state index contributed by atoms with van der Waals surface area (Å²) in [6, 6.07) is 3.61. The van der Waals surface area contributed by atoms with E-state index in [2.05, 4.69) is 21.3 Å². The quantitative estimate of drug-likeness (QED) is 0.181. The molecule has 0 aliphatic carbocycles. The highest BCUT2D eigenvalue weighted by atomic mass is 16.6. The number of amides is 5. The first-order valence-electron chi connectivity index (χ1n) is 11.7. The molecule has 36 heavy (non-hydrogen) atoms. The van der Waals surface area contributed by atoms with Crippen molar-refractivity contribution in [2.75, 3.05) is 25.0 Å². The highest BCUT2D eigenvalue weighted by molar-refractivity contribution is 5.98. The molecular formula is C23H32N6O7. The van der Waals surface area contributed by atoms with Gasteiger partial charge in [0.25, 0.3) is 5.69 Å². The number of likely N-dealkylation sites (tertiary alicyclic amines) is 1. The molecule has 1 heterocycles. The fourth-order valence-electron chi connectivity index (χ4n) is 3.81. The van der Waals surface area contributed by atoms with Crippen LogP contribution in [0.15, 0.2) is 24.3 Å². The average Bonchev–Trinajstić information content (AvgIpc) is 3.32. The number of nitro benzene ring substituents is 1. The predicted molar refractivity (Wildman–Crippen MR) is 130 cm³/mol. The van der Waals surface area contributed by atoms with Crippen LogP contribution in [0.5, 0.6) is 0 Å². The summed E-state index contributed by atoms with van der Waals surface area (Å²) in [5.41, 5.74) is 0.206. The minimum absolute atomic E-state index is 0.124. The van der Waals surface area contributed by atoms with E-state index >= 15 is 0 Å². The van der Waals surface area contributed by atoms with Gasteiger partial charge < -0.3 is 26.2 Å². The molecule has 0 saturated carbocycles. The summed E-state index contributed by atoms with van der Waals surface area (Å²) in [6.07, 6.45) is 2.42. The Morgan fingerprint density at radius 3 is 2.33 bits per heavy atom. The first-order valence-corrected chi connectivity index (χ1v) is 11.7. The van der Waals surface area contributed by atoms with E-state index in [4.69, 9.17) is 0 Å². The predicted octanol–water partition coefficient (Wildman–Crippen LogP) is 0.452. The van der Waals surface area contributed by atoms with Crippen molar-refractivity contribution in [1.82, 2.24) is 20.9 Å². The Labute approximate surface area is 208 Å². The minimum Gasteiger partial charge on any atom is -0.356 e. The number of rotatable bonds is 12. The highest BCUT2D eigenvalue weighted by Crippen LogP contribution is 2.19. The molecule has 13 heteroatoms. The van der Waals surface area contributed by atoms with Crippen molar-refractivity contribution in [3.63, 3.8) is 0 Å². The largest absolute Gasteiger partial charge is 0.356 e. The SMILES string of the molecule is CC(=O)NCCCC[C@H](NC(=O)[C@@H]1CCCN1C(=O)CNC(C)=O)C(=O)Nc1ccc([N+](=O)[O-])cc1. The van der Waals surface area contributed by atoms with Gasteiger partial charge in [-0.3, -0.25) is 34.1 Å². The smallest absolute Gasteiger partial charge is 0.269 e. The molecule has 1 fully saturated rings. The molecule has 5 amide bonds. The van der Waals surface area contributed by atoms with Gasteiger partial charge in [-0.1, -0.05) is 0 Å². The minimum atomic E-state index is -0.932. The van der Waals surface area contributed by atoms with Gasteiger partial charge in [-0.25, -0.2) is 0 Å². The number of nitro groups is 1. The van der Waals surface area contributed by atoms with Gasteiger partial charge in [-0.15, -0.1) is 0 Å². The molecule has 0 aromatic heterocycles. The molecular weight excluding hydrogens is 472 g/mol. The van der Waals surface area contributed by atoms with Crippen molar-refractivity contribution in [1.29, 1.82) is 0 Å². The molecule has 2 atom stereocenters. The van der Waals surface area contributed by atoms with E-state index in [1.165, 1.54) is 43.0 Å². The fourth-order valence-corrected chi connectivity index (χ4v) is 3.81. The Bertz CT molecular complexity index is 982. The number of benzene rings is 1. The van der Waals surface area contributed by atoms with Crippen molar-refractivity contribution in [3.8, 4) is 0 Å². The lowest BCUT2D eigenvalue weighted by Gasteiger charge is -2.26. The number of hydrogen-bond acceptors (Lipinski definition) is 7. The monoisotopic (exact) mass is 504 g/mol. The molecule has 0 bridgehead atoms. The summed E-state index contributed by atoms with van der Waals surface area (Å²) in [7, 11) is 0. The molecule has 1 saturated heterocycles. The second-order valence-corrected chi connectivity index (χ2v) is 8.49. The molecule has 196 valence electrons. The molecule has 1 aliphatic heterocycles. The second-order valence-electron chi connectivity index (χ2n) is 8.49. The summed E-state index contributed by atoms with van der Waals surface area (Å²) in [6.45, 7) is 3.27. The average molecular weight is 505 g/mol. The third kappa shape index (κ3) is 8.96. The van der Waals surface area contributed by atoms with Crippen LogP contribution >= 0.6 is 0 Å². The maximum atomic E-state index is 13.1. The lowest BCUT2D eigenvalue weighted by molar-refractivity contribution is -0.384. The molecule has 1 aromatic rings. The van der Waals surface area contributed by atoms with Crippen molar-refractivity contribution in [2.24, 2.45) is 0 Å². The zero-order valence-corrected chi connectivity index (χ0v) is 20.4. The van der Waals surface area contributed by atoms with Crippen molar-refractivity contribution >= 4 is 40.9 Å². The molecule has 2 rings (SSSR count). The lowest BCUT2D eigenvalue weighted by Crippen LogP contribution is -2.53. The second kappa shape index (κ2) is 13.8. The summed E-state index contributed by atoms with van der Waals surface area (Å²) < 4.78 is 0. The lowest BCUT2D eigenvalue weighted by atomic mass is 10.1. The molecule has 0 unspecified atom stereocenters.